The maximum absolute atomic E-state index is 12.2. The van der Waals surface area contributed by atoms with Crippen LogP contribution >= 0.6 is 0 Å². The predicted molar refractivity (Wildman–Crippen MR) is 87.9 cm³/mol. The van der Waals surface area contributed by atoms with E-state index in [4.69, 9.17) is 4.74 Å². The smallest absolute Gasteiger partial charge is 0.239 e. The summed E-state index contributed by atoms with van der Waals surface area (Å²) in [6, 6.07) is 8.54. The molecule has 2 unspecified atom stereocenters. The molecule has 0 radical (unpaired) electrons. The second kappa shape index (κ2) is 8.27. The molecule has 122 valence electrons. The molecule has 1 fully saturated rings. The van der Waals surface area contributed by atoms with E-state index in [-0.39, 0.29) is 18.0 Å². The highest BCUT2D eigenvalue weighted by Gasteiger charge is 2.22. The van der Waals surface area contributed by atoms with Crippen molar-refractivity contribution in [3.63, 3.8) is 0 Å². The topological polar surface area (TPSA) is 53.6 Å². The fraction of sp³-hybridized carbons (Fsp3) is 0.588. The first-order valence-electron chi connectivity index (χ1n) is 7.96. The van der Waals surface area contributed by atoms with Crippen LogP contribution in [0.15, 0.2) is 24.3 Å². The normalized spacial score (nSPS) is 19.9. The van der Waals surface area contributed by atoms with E-state index in [1.54, 1.807) is 0 Å². The molecule has 5 nitrogen and oxygen atoms in total. The van der Waals surface area contributed by atoms with Crippen molar-refractivity contribution in [2.24, 2.45) is 0 Å². The number of amides is 1. The van der Waals surface area contributed by atoms with E-state index in [1.807, 2.05) is 14.1 Å². The third-order valence-electron chi connectivity index (χ3n) is 4.10. The molecule has 1 aliphatic heterocycles. The van der Waals surface area contributed by atoms with E-state index >= 15 is 0 Å². The highest BCUT2D eigenvalue weighted by molar-refractivity contribution is 5.82. The van der Waals surface area contributed by atoms with Gasteiger partial charge in [-0.1, -0.05) is 31.2 Å². The Morgan fingerprint density at radius 2 is 2.14 bits per heavy atom. The van der Waals surface area contributed by atoms with Gasteiger partial charge in [0.1, 0.15) is 6.04 Å². The van der Waals surface area contributed by atoms with Gasteiger partial charge in [-0.25, -0.2) is 0 Å². The van der Waals surface area contributed by atoms with E-state index in [0.717, 1.165) is 13.0 Å². The van der Waals surface area contributed by atoms with Crippen molar-refractivity contribution in [2.45, 2.75) is 25.4 Å². The molecule has 2 rings (SSSR count). The molecular formula is C17H27N3O2. The Kier molecular flexibility index (Phi) is 6.36. The Morgan fingerprint density at radius 1 is 1.41 bits per heavy atom. The number of likely N-dealkylation sites (N-methyl/N-ethyl adjacent to an activating group) is 1. The van der Waals surface area contributed by atoms with Crippen LogP contribution in [-0.4, -0.2) is 57.2 Å². The van der Waals surface area contributed by atoms with E-state index in [9.17, 15) is 4.79 Å². The molecule has 0 aliphatic carbocycles. The molecule has 0 spiro atoms. The van der Waals surface area contributed by atoms with E-state index in [0.29, 0.717) is 19.8 Å². The summed E-state index contributed by atoms with van der Waals surface area (Å²) >= 11 is 0. The molecule has 2 atom stereocenters. The Morgan fingerprint density at radius 3 is 2.68 bits per heavy atom. The standard InChI is InChI=1S/C17H27N3O2/c1-4-13-5-7-14(8-6-13)16(20(2)3)11-19-17(21)15-12-22-10-9-18-15/h5-8,15-16,18H,4,9-12H2,1-3H3,(H,19,21). The van der Waals surface area contributed by atoms with Gasteiger partial charge in [-0.05, 0) is 31.6 Å². The monoisotopic (exact) mass is 305 g/mol. The van der Waals surface area contributed by atoms with Gasteiger partial charge in [-0.2, -0.15) is 0 Å². The molecule has 1 aliphatic rings. The van der Waals surface area contributed by atoms with Gasteiger partial charge in [0, 0.05) is 13.1 Å². The number of hydrogen-bond acceptors (Lipinski definition) is 4. The summed E-state index contributed by atoms with van der Waals surface area (Å²) < 4.78 is 5.33. The largest absolute Gasteiger partial charge is 0.378 e. The van der Waals surface area contributed by atoms with Crippen LogP contribution in [0.5, 0.6) is 0 Å². The quantitative estimate of drug-likeness (QED) is 0.822. The summed E-state index contributed by atoms with van der Waals surface area (Å²) in [5.41, 5.74) is 2.55. The molecule has 0 aromatic heterocycles. The SMILES string of the molecule is CCc1ccc(C(CNC(=O)C2COCCN2)N(C)C)cc1. The second-order valence-electron chi connectivity index (χ2n) is 5.90. The average molecular weight is 305 g/mol. The summed E-state index contributed by atoms with van der Waals surface area (Å²) in [7, 11) is 4.07. The number of benzene rings is 1. The lowest BCUT2D eigenvalue weighted by Gasteiger charge is -2.27. The number of nitrogens with one attached hydrogen (secondary N) is 2. The van der Waals surface area contributed by atoms with Crippen LogP contribution in [0.2, 0.25) is 0 Å². The molecule has 1 saturated heterocycles. The highest BCUT2D eigenvalue weighted by Crippen LogP contribution is 2.18. The number of rotatable bonds is 6. The van der Waals surface area contributed by atoms with E-state index in [1.165, 1.54) is 11.1 Å². The average Bonchev–Trinajstić information content (AvgIpc) is 2.56. The van der Waals surface area contributed by atoms with Crippen molar-refractivity contribution < 1.29 is 9.53 Å². The lowest BCUT2D eigenvalue weighted by molar-refractivity contribution is -0.126. The lowest BCUT2D eigenvalue weighted by Crippen LogP contribution is -2.52. The third-order valence-corrected chi connectivity index (χ3v) is 4.10. The first-order chi connectivity index (χ1) is 10.6. The van der Waals surface area contributed by atoms with Gasteiger partial charge < -0.3 is 20.3 Å². The minimum Gasteiger partial charge on any atom is -0.378 e. The van der Waals surface area contributed by atoms with Crippen molar-refractivity contribution in [2.75, 3.05) is 40.4 Å². The van der Waals surface area contributed by atoms with E-state index in [2.05, 4.69) is 46.7 Å². The van der Waals surface area contributed by atoms with Crippen LogP contribution in [0.25, 0.3) is 0 Å². The molecular weight excluding hydrogens is 278 g/mol. The molecule has 2 N–H and O–H groups in total. The Hall–Kier alpha value is -1.43. The van der Waals surface area contributed by atoms with Gasteiger partial charge in [0.2, 0.25) is 5.91 Å². The first-order valence-corrected chi connectivity index (χ1v) is 7.96. The summed E-state index contributed by atoms with van der Waals surface area (Å²) in [5, 5.41) is 6.21. The van der Waals surface area contributed by atoms with Gasteiger partial charge in [0.05, 0.1) is 19.3 Å². The van der Waals surface area contributed by atoms with Gasteiger partial charge in [0.25, 0.3) is 0 Å². The number of ether oxygens (including phenoxy) is 1. The number of nitrogens with zero attached hydrogens (tertiary/aromatic N) is 1. The first kappa shape index (κ1) is 16.9. The Labute approximate surface area is 133 Å². The summed E-state index contributed by atoms with van der Waals surface area (Å²) in [4.78, 5) is 14.3. The molecule has 1 aromatic rings. The number of hydrogen-bond donors (Lipinski definition) is 2. The van der Waals surface area contributed by atoms with Crippen LogP contribution < -0.4 is 10.6 Å². The van der Waals surface area contributed by atoms with Gasteiger partial charge in [-0.3, -0.25) is 4.79 Å². The zero-order valence-electron chi connectivity index (χ0n) is 13.8. The predicted octanol–water partition coefficient (Wildman–Crippen LogP) is 0.956. The molecule has 5 heteroatoms. The van der Waals surface area contributed by atoms with Crippen LogP contribution in [0.1, 0.15) is 24.1 Å². The Balaban J connectivity index is 1.94. The van der Waals surface area contributed by atoms with Crippen molar-refractivity contribution in [3.8, 4) is 0 Å². The third kappa shape index (κ3) is 4.53. The van der Waals surface area contributed by atoms with E-state index < -0.39 is 0 Å². The zero-order valence-corrected chi connectivity index (χ0v) is 13.8. The maximum Gasteiger partial charge on any atom is 0.239 e. The van der Waals surface area contributed by atoms with Crippen LogP contribution in [0.4, 0.5) is 0 Å². The van der Waals surface area contributed by atoms with Crippen molar-refractivity contribution >= 4 is 5.91 Å². The molecule has 1 heterocycles. The molecule has 1 amide bonds. The molecule has 22 heavy (non-hydrogen) atoms. The maximum atomic E-state index is 12.2. The van der Waals surface area contributed by atoms with Crippen LogP contribution in [0, 0.1) is 0 Å². The van der Waals surface area contributed by atoms with Gasteiger partial charge in [-0.15, -0.1) is 0 Å². The molecule has 0 saturated carbocycles. The molecule has 0 bridgehead atoms. The van der Waals surface area contributed by atoms with Crippen molar-refractivity contribution in [1.82, 2.24) is 15.5 Å². The fourth-order valence-electron chi connectivity index (χ4n) is 2.63. The zero-order chi connectivity index (χ0) is 15.9. The molecule has 1 aromatic carbocycles. The number of carbonyl (C=O) groups excluding carboxylic acids is 1. The van der Waals surface area contributed by atoms with Crippen LogP contribution in [-0.2, 0) is 16.0 Å². The minimum absolute atomic E-state index is 0.0109. The van der Waals surface area contributed by atoms with Gasteiger partial charge >= 0.3 is 0 Å². The fourth-order valence-corrected chi connectivity index (χ4v) is 2.63. The van der Waals surface area contributed by atoms with Crippen LogP contribution in [0.3, 0.4) is 0 Å². The summed E-state index contributed by atoms with van der Waals surface area (Å²) in [6.45, 7) is 4.60. The summed E-state index contributed by atoms with van der Waals surface area (Å²) in [6.07, 6.45) is 1.04. The van der Waals surface area contributed by atoms with Crippen molar-refractivity contribution in [1.29, 1.82) is 0 Å². The second-order valence-corrected chi connectivity index (χ2v) is 5.90. The van der Waals surface area contributed by atoms with Gasteiger partial charge in [0.15, 0.2) is 0 Å². The number of carbonyl (C=O) groups is 1. The summed E-state index contributed by atoms with van der Waals surface area (Å²) in [5.74, 6) is 0.0109. The lowest BCUT2D eigenvalue weighted by atomic mass is 10.0. The highest BCUT2D eigenvalue weighted by atomic mass is 16.5. The number of aryl methyl sites for hydroxylation is 1. The number of morpholine rings is 1. The Bertz CT molecular complexity index is 467. The van der Waals surface area contributed by atoms with Crippen molar-refractivity contribution in [3.05, 3.63) is 35.4 Å². The minimum atomic E-state index is -0.237.